The van der Waals surface area contributed by atoms with Crippen LogP contribution in [-0.4, -0.2) is 14.2 Å². The summed E-state index contributed by atoms with van der Waals surface area (Å²) in [7, 11) is 3.33. The number of methoxy groups -OCH3 is 2. The van der Waals surface area contributed by atoms with Crippen molar-refractivity contribution in [2.75, 3.05) is 14.2 Å². The third-order valence-electron chi connectivity index (χ3n) is 5.71. The van der Waals surface area contributed by atoms with Crippen molar-refractivity contribution >= 4 is 43.9 Å². The first-order valence-electron chi connectivity index (χ1n) is 9.77. The summed E-state index contributed by atoms with van der Waals surface area (Å²) in [5.74, 6) is 1.40. The Balaban J connectivity index is 1.83. The second-order valence-electron chi connectivity index (χ2n) is 7.24. The lowest BCUT2D eigenvalue weighted by Gasteiger charge is -2.13. The molecule has 0 amide bonds. The summed E-state index contributed by atoms with van der Waals surface area (Å²) in [4.78, 5) is 0. The molecule has 0 aliphatic carbocycles. The summed E-state index contributed by atoms with van der Waals surface area (Å²) in [5, 5.41) is 4.17. The number of furan rings is 2. The Morgan fingerprint density at radius 1 is 0.500 bits per heavy atom. The van der Waals surface area contributed by atoms with E-state index in [-0.39, 0.29) is 0 Å². The van der Waals surface area contributed by atoms with Gasteiger partial charge in [-0.2, -0.15) is 0 Å². The lowest BCUT2D eigenvalue weighted by Crippen LogP contribution is -1.93. The number of hydrogen-bond acceptors (Lipinski definition) is 4. The van der Waals surface area contributed by atoms with Crippen molar-refractivity contribution < 1.29 is 18.3 Å². The predicted octanol–water partition coefficient (Wildman–Crippen LogP) is 7.17. The Labute approximate surface area is 172 Å². The highest BCUT2D eigenvalue weighted by Gasteiger charge is 2.24. The predicted molar refractivity (Wildman–Crippen MR) is 120 cm³/mol. The minimum absolute atomic E-state index is 0.702. The standard InChI is InChI=1S/C26H18O4/c1-27-21-13-11-17-15-7-3-5-9-19(15)29-25(17)23(21)24-22(28-2)14-12-18-16-8-4-6-10-20(16)30-26(18)24/h3-14H,1-2H3. The highest BCUT2D eigenvalue weighted by Crippen LogP contribution is 2.48. The second kappa shape index (κ2) is 6.29. The van der Waals surface area contributed by atoms with Gasteiger partial charge in [-0.15, -0.1) is 0 Å². The van der Waals surface area contributed by atoms with Crippen LogP contribution in [0.3, 0.4) is 0 Å². The highest BCUT2D eigenvalue weighted by molar-refractivity contribution is 6.17. The average Bonchev–Trinajstić information content (AvgIpc) is 3.36. The lowest BCUT2D eigenvalue weighted by atomic mass is 9.98. The molecule has 4 heteroatoms. The van der Waals surface area contributed by atoms with Gasteiger partial charge in [-0.05, 0) is 36.4 Å². The summed E-state index contributed by atoms with van der Waals surface area (Å²) in [5.41, 5.74) is 4.82. The minimum atomic E-state index is 0.702. The molecule has 0 fully saturated rings. The second-order valence-corrected chi connectivity index (χ2v) is 7.24. The normalized spacial score (nSPS) is 11.7. The van der Waals surface area contributed by atoms with Gasteiger partial charge in [0.05, 0.1) is 25.3 Å². The maximum absolute atomic E-state index is 6.33. The lowest BCUT2D eigenvalue weighted by molar-refractivity contribution is 0.410. The topological polar surface area (TPSA) is 44.7 Å². The molecule has 0 saturated heterocycles. The fourth-order valence-electron chi connectivity index (χ4n) is 4.36. The van der Waals surface area contributed by atoms with Gasteiger partial charge in [-0.1, -0.05) is 36.4 Å². The molecule has 0 bridgehead atoms. The zero-order chi connectivity index (χ0) is 20.2. The maximum atomic E-state index is 6.33. The van der Waals surface area contributed by atoms with E-state index in [1.54, 1.807) is 14.2 Å². The van der Waals surface area contributed by atoms with Crippen LogP contribution in [0.1, 0.15) is 0 Å². The summed E-state index contributed by atoms with van der Waals surface area (Å²) in [6.45, 7) is 0. The number of para-hydroxylation sites is 2. The quantitative estimate of drug-likeness (QED) is 0.319. The van der Waals surface area contributed by atoms with Crippen molar-refractivity contribution in [3.05, 3.63) is 72.8 Å². The van der Waals surface area contributed by atoms with E-state index in [1.807, 2.05) is 60.7 Å². The molecule has 146 valence electrons. The van der Waals surface area contributed by atoms with Gasteiger partial charge >= 0.3 is 0 Å². The van der Waals surface area contributed by atoms with Gasteiger partial charge in [-0.25, -0.2) is 0 Å². The molecule has 0 saturated carbocycles. The van der Waals surface area contributed by atoms with Crippen LogP contribution in [0.4, 0.5) is 0 Å². The average molecular weight is 394 g/mol. The molecule has 0 radical (unpaired) electrons. The summed E-state index contributed by atoms with van der Waals surface area (Å²) < 4.78 is 24.2. The Morgan fingerprint density at radius 3 is 1.37 bits per heavy atom. The molecule has 0 aliphatic rings. The van der Waals surface area contributed by atoms with Gasteiger partial charge in [0, 0.05) is 21.5 Å². The molecule has 0 atom stereocenters. The van der Waals surface area contributed by atoms with Crippen LogP contribution in [-0.2, 0) is 0 Å². The summed E-state index contributed by atoms with van der Waals surface area (Å²) in [6.07, 6.45) is 0. The Hall–Kier alpha value is -3.92. The van der Waals surface area contributed by atoms with Crippen molar-refractivity contribution in [2.24, 2.45) is 0 Å². The van der Waals surface area contributed by atoms with Crippen LogP contribution in [0.2, 0.25) is 0 Å². The molecule has 2 aromatic heterocycles. The van der Waals surface area contributed by atoms with E-state index >= 15 is 0 Å². The fraction of sp³-hybridized carbons (Fsp3) is 0.0769. The number of ether oxygens (including phenoxy) is 2. The Kier molecular flexibility index (Phi) is 3.56. The van der Waals surface area contributed by atoms with Gasteiger partial charge in [-0.3, -0.25) is 0 Å². The van der Waals surface area contributed by atoms with Gasteiger partial charge < -0.3 is 18.3 Å². The molecule has 2 heterocycles. The molecule has 0 unspecified atom stereocenters. The fourth-order valence-corrected chi connectivity index (χ4v) is 4.36. The molecule has 0 aliphatic heterocycles. The zero-order valence-corrected chi connectivity index (χ0v) is 16.6. The highest BCUT2D eigenvalue weighted by atomic mass is 16.5. The van der Waals surface area contributed by atoms with E-state index in [0.29, 0.717) is 11.5 Å². The van der Waals surface area contributed by atoms with Crippen molar-refractivity contribution in [1.82, 2.24) is 0 Å². The van der Waals surface area contributed by atoms with Crippen LogP contribution >= 0.6 is 0 Å². The minimum Gasteiger partial charge on any atom is -0.496 e. The molecular formula is C26H18O4. The number of fused-ring (bicyclic) bond motifs is 6. The molecule has 6 rings (SSSR count). The first-order valence-corrected chi connectivity index (χ1v) is 9.77. The van der Waals surface area contributed by atoms with Crippen LogP contribution in [0.25, 0.3) is 55.0 Å². The smallest absolute Gasteiger partial charge is 0.147 e. The third kappa shape index (κ3) is 2.22. The SMILES string of the molecule is COc1ccc2c(oc3ccccc32)c1-c1c(OC)ccc2c1oc1ccccc12. The Morgan fingerprint density at radius 2 is 0.933 bits per heavy atom. The maximum Gasteiger partial charge on any atom is 0.147 e. The first-order chi connectivity index (χ1) is 14.8. The van der Waals surface area contributed by atoms with Gasteiger partial charge in [0.25, 0.3) is 0 Å². The molecule has 4 nitrogen and oxygen atoms in total. The molecular weight excluding hydrogens is 376 g/mol. The van der Waals surface area contributed by atoms with Gasteiger partial charge in [0.15, 0.2) is 0 Å². The van der Waals surface area contributed by atoms with E-state index in [2.05, 4.69) is 12.1 Å². The van der Waals surface area contributed by atoms with Gasteiger partial charge in [0.2, 0.25) is 0 Å². The monoisotopic (exact) mass is 394 g/mol. The van der Waals surface area contributed by atoms with E-state index in [1.165, 1.54) is 0 Å². The third-order valence-corrected chi connectivity index (χ3v) is 5.71. The van der Waals surface area contributed by atoms with Crippen molar-refractivity contribution in [3.8, 4) is 22.6 Å². The largest absolute Gasteiger partial charge is 0.496 e. The number of rotatable bonds is 3. The van der Waals surface area contributed by atoms with Crippen LogP contribution in [0, 0.1) is 0 Å². The number of benzene rings is 4. The van der Waals surface area contributed by atoms with E-state index in [9.17, 15) is 0 Å². The van der Waals surface area contributed by atoms with Crippen LogP contribution in [0.5, 0.6) is 11.5 Å². The number of hydrogen-bond donors (Lipinski definition) is 0. The zero-order valence-electron chi connectivity index (χ0n) is 16.6. The Bertz CT molecular complexity index is 1450. The summed E-state index contributed by atoms with van der Waals surface area (Å²) >= 11 is 0. The summed E-state index contributed by atoms with van der Waals surface area (Å²) in [6, 6.07) is 24.1. The van der Waals surface area contributed by atoms with E-state index < -0.39 is 0 Å². The molecule has 0 N–H and O–H groups in total. The first kappa shape index (κ1) is 17.0. The molecule has 0 spiro atoms. The molecule has 6 aromatic rings. The van der Waals surface area contributed by atoms with Crippen molar-refractivity contribution in [2.45, 2.75) is 0 Å². The van der Waals surface area contributed by atoms with Crippen molar-refractivity contribution in [1.29, 1.82) is 0 Å². The molecule has 4 aromatic carbocycles. The van der Waals surface area contributed by atoms with E-state index in [4.69, 9.17) is 18.3 Å². The molecule has 30 heavy (non-hydrogen) atoms. The van der Waals surface area contributed by atoms with Gasteiger partial charge in [0.1, 0.15) is 33.8 Å². The van der Waals surface area contributed by atoms with E-state index in [0.717, 1.165) is 55.0 Å². The van der Waals surface area contributed by atoms with Crippen molar-refractivity contribution in [3.63, 3.8) is 0 Å². The van der Waals surface area contributed by atoms with Crippen LogP contribution < -0.4 is 9.47 Å². The van der Waals surface area contributed by atoms with Crippen LogP contribution in [0.15, 0.2) is 81.6 Å².